The molecule has 4 heteroatoms. The van der Waals surface area contributed by atoms with Crippen molar-refractivity contribution in [3.63, 3.8) is 0 Å². The number of amides is 1. The van der Waals surface area contributed by atoms with Crippen molar-refractivity contribution in [3.8, 4) is 0 Å². The van der Waals surface area contributed by atoms with Crippen LogP contribution in [0, 0.1) is 0 Å². The smallest absolute Gasteiger partial charge is 0.224 e. The summed E-state index contributed by atoms with van der Waals surface area (Å²) in [6.45, 7) is 1.10. The number of hydrogen-bond acceptors (Lipinski definition) is 3. The molecule has 1 aromatic carbocycles. The fourth-order valence-electron chi connectivity index (χ4n) is 2.37. The Hall–Kier alpha value is -1.00. The number of hydrogen-bond donors (Lipinski definition) is 2. The van der Waals surface area contributed by atoms with Gasteiger partial charge < -0.3 is 10.6 Å². The monoisotopic (exact) mass is 278 g/mol. The SMILES string of the molecule is CSc1ccc(NC(=O)CCC2CCCCN2)cc1. The molecule has 19 heavy (non-hydrogen) atoms. The van der Waals surface area contributed by atoms with Gasteiger partial charge >= 0.3 is 0 Å². The number of carbonyl (C=O) groups excluding carboxylic acids is 1. The van der Waals surface area contributed by atoms with Crippen molar-refractivity contribution in [2.24, 2.45) is 0 Å². The Bertz CT molecular complexity index is 399. The third kappa shape index (κ3) is 4.88. The lowest BCUT2D eigenvalue weighted by atomic mass is 10.0. The molecular weight excluding hydrogens is 256 g/mol. The normalized spacial score (nSPS) is 19.1. The molecule has 1 aromatic rings. The summed E-state index contributed by atoms with van der Waals surface area (Å²) in [5.74, 6) is 0.115. The van der Waals surface area contributed by atoms with E-state index in [2.05, 4.69) is 10.6 Å². The first-order chi connectivity index (χ1) is 9.28. The molecule has 1 amide bonds. The van der Waals surface area contributed by atoms with Gasteiger partial charge in [-0.25, -0.2) is 0 Å². The van der Waals surface area contributed by atoms with Crippen LogP contribution >= 0.6 is 11.8 Å². The first kappa shape index (κ1) is 14.4. The van der Waals surface area contributed by atoms with Gasteiger partial charge in [-0.2, -0.15) is 0 Å². The van der Waals surface area contributed by atoms with E-state index in [1.165, 1.54) is 24.2 Å². The molecule has 1 saturated heterocycles. The highest BCUT2D eigenvalue weighted by Gasteiger charge is 2.13. The molecular formula is C15H22N2OS. The maximum Gasteiger partial charge on any atom is 0.224 e. The van der Waals surface area contributed by atoms with E-state index in [1.807, 2.05) is 30.5 Å². The Morgan fingerprint density at radius 3 is 2.79 bits per heavy atom. The van der Waals surface area contributed by atoms with Crippen molar-refractivity contribution < 1.29 is 4.79 Å². The second kappa shape index (κ2) is 7.56. The van der Waals surface area contributed by atoms with Crippen LogP contribution in [-0.2, 0) is 4.79 Å². The van der Waals surface area contributed by atoms with Crippen LogP contribution in [0.2, 0.25) is 0 Å². The number of anilines is 1. The van der Waals surface area contributed by atoms with Gasteiger partial charge in [-0.05, 0) is 56.3 Å². The van der Waals surface area contributed by atoms with Gasteiger partial charge in [0.15, 0.2) is 0 Å². The third-order valence-corrected chi connectivity index (χ3v) is 4.25. The average Bonchev–Trinajstić information content (AvgIpc) is 2.47. The third-order valence-electron chi connectivity index (χ3n) is 3.51. The van der Waals surface area contributed by atoms with E-state index in [9.17, 15) is 4.79 Å². The van der Waals surface area contributed by atoms with Gasteiger partial charge in [0.05, 0.1) is 0 Å². The second-order valence-electron chi connectivity index (χ2n) is 4.96. The van der Waals surface area contributed by atoms with Crippen molar-refractivity contribution in [2.75, 3.05) is 18.1 Å². The van der Waals surface area contributed by atoms with Crippen LogP contribution in [0.1, 0.15) is 32.1 Å². The first-order valence-corrected chi connectivity index (χ1v) is 8.17. The minimum absolute atomic E-state index is 0.115. The zero-order chi connectivity index (χ0) is 13.5. The topological polar surface area (TPSA) is 41.1 Å². The molecule has 0 aromatic heterocycles. The summed E-state index contributed by atoms with van der Waals surface area (Å²) in [6.07, 6.45) is 7.34. The highest BCUT2D eigenvalue weighted by molar-refractivity contribution is 7.98. The Labute approximate surface area is 119 Å². The summed E-state index contributed by atoms with van der Waals surface area (Å²) in [4.78, 5) is 13.1. The van der Waals surface area contributed by atoms with E-state index >= 15 is 0 Å². The first-order valence-electron chi connectivity index (χ1n) is 6.95. The number of benzene rings is 1. The molecule has 2 rings (SSSR count). The van der Waals surface area contributed by atoms with Gasteiger partial charge in [-0.15, -0.1) is 11.8 Å². The van der Waals surface area contributed by atoms with Gasteiger partial charge in [0.2, 0.25) is 5.91 Å². The maximum atomic E-state index is 11.9. The van der Waals surface area contributed by atoms with Crippen molar-refractivity contribution >= 4 is 23.4 Å². The van der Waals surface area contributed by atoms with Crippen LogP contribution in [-0.4, -0.2) is 24.7 Å². The lowest BCUT2D eigenvalue weighted by molar-refractivity contribution is -0.116. The zero-order valence-corrected chi connectivity index (χ0v) is 12.3. The zero-order valence-electron chi connectivity index (χ0n) is 11.4. The molecule has 1 fully saturated rings. The molecule has 1 atom stereocenters. The van der Waals surface area contributed by atoms with Crippen molar-refractivity contribution in [2.45, 2.75) is 43.0 Å². The molecule has 1 aliphatic rings. The minimum Gasteiger partial charge on any atom is -0.326 e. The lowest BCUT2D eigenvalue weighted by Crippen LogP contribution is -2.34. The fourth-order valence-corrected chi connectivity index (χ4v) is 2.78. The molecule has 0 aliphatic carbocycles. The largest absolute Gasteiger partial charge is 0.326 e. The van der Waals surface area contributed by atoms with Gasteiger partial charge in [0, 0.05) is 23.0 Å². The standard InChI is InChI=1S/C15H22N2OS/c1-19-14-8-5-13(6-9-14)17-15(18)10-7-12-4-2-3-11-16-12/h5-6,8-9,12,16H,2-4,7,10-11H2,1H3,(H,17,18). The Balaban J connectivity index is 1.73. The van der Waals surface area contributed by atoms with Gasteiger partial charge in [0.1, 0.15) is 0 Å². The summed E-state index contributed by atoms with van der Waals surface area (Å²) < 4.78 is 0. The predicted molar refractivity (Wildman–Crippen MR) is 81.7 cm³/mol. The van der Waals surface area contributed by atoms with Crippen LogP contribution in [0.5, 0.6) is 0 Å². The lowest BCUT2D eigenvalue weighted by Gasteiger charge is -2.23. The van der Waals surface area contributed by atoms with E-state index in [1.54, 1.807) is 11.8 Å². The van der Waals surface area contributed by atoms with Crippen molar-refractivity contribution in [1.82, 2.24) is 5.32 Å². The molecule has 1 aliphatic heterocycles. The van der Waals surface area contributed by atoms with E-state index < -0.39 is 0 Å². The number of piperidine rings is 1. The molecule has 0 radical (unpaired) electrons. The van der Waals surface area contributed by atoms with E-state index in [-0.39, 0.29) is 5.91 Å². The summed E-state index contributed by atoms with van der Waals surface area (Å²) in [5, 5.41) is 6.43. The predicted octanol–water partition coefficient (Wildman–Crippen LogP) is 3.27. The number of nitrogens with one attached hydrogen (secondary N) is 2. The number of carbonyl (C=O) groups is 1. The summed E-state index contributed by atoms with van der Waals surface area (Å²) in [6, 6.07) is 8.51. The van der Waals surface area contributed by atoms with Gasteiger partial charge in [-0.3, -0.25) is 4.79 Å². The van der Waals surface area contributed by atoms with E-state index in [4.69, 9.17) is 0 Å². The second-order valence-corrected chi connectivity index (χ2v) is 5.84. The molecule has 3 nitrogen and oxygen atoms in total. The number of thioether (sulfide) groups is 1. The Kier molecular flexibility index (Phi) is 5.73. The van der Waals surface area contributed by atoms with E-state index in [0.29, 0.717) is 12.5 Å². The highest BCUT2D eigenvalue weighted by atomic mass is 32.2. The summed E-state index contributed by atoms with van der Waals surface area (Å²) in [7, 11) is 0. The Morgan fingerprint density at radius 2 is 2.16 bits per heavy atom. The van der Waals surface area contributed by atoms with Crippen molar-refractivity contribution in [1.29, 1.82) is 0 Å². The molecule has 0 spiro atoms. The Morgan fingerprint density at radius 1 is 1.37 bits per heavy atom. The average molecular weight is 278 g/mol. The quantitative estimate of drug-likeness (QED) is 0.812. The van der Waals surface area contributed by atoms with Gasteiger partial charge in [-0.1, -0.05) is 6.42 Å². The molecule has 1 heterocycles. The maximum absolute atomic E-state index is 11.9. The molecule has 104 valence electrons. The van der Waals surface area contributed by atoms with Crippen LogP contribution < -0.4 is 10.6 Å². The fraction of sp³-hybridized carbons (Fsp3) is 0.533. The van der Waals surface area contributed by atoms with Crippen molar-refractivity contribution in [3.05, 3.63) is 24.3 Å². The van der Waals surface area contributed by atoms with Crippen LogP contribution in [0.15, 0.2) is 29.2 Å². The molecule has 0 saturated carbocycles. The van der Waals surface area contributed by atoms with E-state index in [0.717, 1.165) is 18.7 Å². The van der Waals surface area contributed by atoms with Crippen LogP contribution in [0.4, 0.5) is 5.69 Å². The minimum atomic E-state index is 0.115. The van der Waals surface area contributed by atoms with Crippen LogP contribution in [0.25, 0.3) is 0 Å². The van der Waals surface area contributed by atoms with Gasteiger partial charge in [0.25, 0.3) is 0 Å². The molecule has 1 unspecified atom stereocenters. The van der Waals surface area contributed by atoms with Crippen LogP contribution in [0.3, 0.4) is 0 Å². The summed E-state index contributed by atoms with van der Waals surface area (Å²) >= 11 is 1.70. The highest BCUT2D eigenvalue weighted by Crippen LogP contribution is 2.18. The number of rotatable bonds is 5. The summed E-state index contributed by atoms with van der Waals surface area (Å²) in [5.41, 5.74) is 0.888. The molecule has 2 N–H and O–H groups in total. The molecule has 0 bridgehead atoms.